The Hall–Kier alpha value is -3.47. The van der Waals surface area contributed by atoms with E-state index < -0.39 is 11.7 Å². The highest BCUT2D eigenvalue weighted by Gasteiger charge is 2.32. The monoisotopic (exact) mass is 485 g/mol. The normalized spacial score (nSPS) is 20.5. The molecule has 35 heavy (non-hydrogen) atoms. The molecule has 2 fully saturated rings. The first-order valence-electron chi connectivity index (χ1n) is 11.9. The van der Waals surface area contributed by atoms with Crippen molar-refractivity contribution in [1.29, 1.82) is 0 Å². The molecule has 1 aliphatic carbocycles. The molecule has 1 aromatic heterocycles. The van der Waals surface area contributed by atoms with Gasteiger partial charge in [0.25, 0.3) is 5.91 Å². The number of carbonyl (C=O) groups excluding carboxylic acids is 2. The average molecular weight is 486 g/mol. The summed E-state index contributed by atoms with van der Waals surface area (Å²) in [7, 11) is 2.04. The number of aromatic nitrogens is 2. The maximum Gasteiger partial charge on any atom is 0.260 e. The highest BCUT2D eigenvalue weighted by Crippen LogP contribution is 2.29. The number of nitrogens with one attached hydrogen (secondary N) is 2. The second-order valence-electron chi connectivity index (χ2n) is 9.16. The van der Waals surface area contributed by atoms with Gasteiger partial charge in [0.05, 0.1) is 12.1 Å². The molecule has 0 radical (unpaired) electrons. The number of halogens is 1. The topological polar surface area (TPSA) is 126 Å². The Morgan fingerprint density at radius 3 is 2.74 bits per heavy atom. The van der Waals surface area contributed by atoms with Crippen molar-refractivity contribution in [3.8, 4) is 5.75 Å². The van der Waals surface area contributed by atoms with Crippen LogP contribution in [0.4, 0.5) is 21.8 Å². The van der Waals surface area contributed by atoms with Crippen LogP contribution in [-0.2, 0) is 9.59 Å². The molecule has 10 nitrogen and oxygen atoms in total. The molecule has 1 saturated heterocycles. The van der Waals surface area contributed by atoms with Gasteiger partial charge in [0.15, 0.2) is 18.2 Å². The number of likely N-dealkylation sites (N-methyl/N-ethyl adjacent to an activating group) is 1. The summed E-state index contributed by atoms with van der Waals surface area (Å²) in [4.78, 5) is 36.4. The number of primary amides is 1. The second kappa shape index (κ2) is 10.9. The average Bonchev–Trinajstić information content (AvgIpc) is 3.30. The molecular weight excluding hydrogens is 453 g/mol. The van der Waals surface area contributed by atoms with Gasteiger partial charge in [-0.05, 0) is 38.4 Å². The van der Waals surface area contributed by atoms with E-state index in [1.54, 1.807) is 6.07 Å². The van der Waals surface area contributed by atoms with Crippen LogP contribution in [0.25, 0.3) is 0 Å². The van der Waals surface area contributed by atoms with Crippen molar-refractivity contribution in [2.24, 2.45) is 11.7 Å². The Kier molecular flexibility index (Phi) is 7.64. The number of benzene rings is 1. The third-order valence-corrected chi connectivity index (χ3v) is 6.60. The summed E-state index contributed by atoms with van der Waals surface area (Å²) < 4.78 is 20.2. The Morgan fingerprint density at radius 1 is 1.23 bits per heavy atom. The van der Waals surface area contributed by atoms with Crippen LogP contribution >= 0.6 is 0 Å². The predicted molar refractivity (Wildman–Crippen MR) is 130 cm³/mol. The van der Waals surface area contributed by atoms with Crippen LogP contribution in [0.3, 0.4) is 0 Å². The van der Waals surface area contributed by atoms with E-state index in [9.17, 15) is 14.0 Å². The molecule has 4 N–H and O–H groups in total. The minimum Gasteiger partial charge on any atom is -0.483 e. The van der Waals surface area contributed by atoms with Gasteiger partial charge in [0, 0.05) is 44.0 Å². The Labute approximate surface area is 204 Å². The minimum atomic E-state index is -0.610. The van der Waals surface area contributed by atoms with Gasteiger partial charge in [-0.15, -0.1) is 0 Å². The largest absolute Gasteiger partial charge is 0.483 e. The first kappa shape index (κ1) is 24.6. The number of hydrogen-bond acceptors (Lipinski definition) is 8. The number of anilines is 3. The number of aryl methyl sites for hydroxylation is 1. The molecule has 1 aromatic carbocycles. The molecule has 2 heterocycles. The summed E-state index contributed by atoms with van der Waals surface area (Å²) in [6.07, 6.45) is 3.30. The van der Waals surface area contributed by atoms with Crippen LogP contribution in [0.1, 0.15) is 24.8 Å². The molecule has 2 unspecified atom stereocenters. The zero-order valence-corrected chi connectivity index (χ0v) is 20.1. The SMILES string of the molecule is Cc1ccc(Nc2ncc(F)c(NC3CCCC3C(N)=O)n2)cc1OCC(=O)N1CCN(C)CC1. The van der Waals surface area contributed by atoms with Crippen molar-refractivity contribution in [2.45, 2.75) is 32.2 Å². The maximum absolute atomic E-state index is 14.4. The van der Waals surface area contributed by atoms with Crippen molar-refractivity contribution < 1.29 is 18.7 Å². The molecule has 2 aliphatic rings. The lowest BCUT2D eigenvalue weighted by Crippen LogP contribution is -2.48. The van der Waals surface area contributed by atoms with Crippen molar-refractivity contribution >= 4 is 29.3 Å². The molecule has 4 rings (SSSR count). The van der Waals surface area contributed by atoms with E-state index in [-0.39, 0.29) is 36.2 Å². The Balaban J connectivity index is 1.40. The molecule has 0 bridgehead atoms. The smallest absolute Gasteiger partial charge is 0.260 e. The van der Waals surface area contributed by atoms with E-state index in [4.69, 9.17) is 10.5 Å². The number of rotatable bonds is 8. The van der Waals surface area contributed by atoms with E-state index in [1.807, 2.05) is 31.0 Å². The van der Waals surface area contributed by atoms with E-state index in [2.05, 4.69) is 25.5 Å². The second-order valence-corrected chi connectivity index (χ2v) is 9.16. The van der Waals surface area contributed by atoms with Gasteiger partial charge in [0.2, 0.25) is 11.9 Å². The first-order chi connectivity index (χ1) is 16.8. The summed E-state index contributed by atoms with van der Waals surface area (Å²) in [5.41, 5.74) is 6.98. The predicted octanol–water partition coefficient (Wildman–Crippen LogP) is 1.89. The molecule has 2 amide bonds. The molecular formula is C24H32FN7O3. The number of hydrogen-bond donors (Lipinski definition) is 3. The molecule has 1 saturated carbocycles. The highest BCUT2D eigenvalue weighted by molar-refractivity contribution is 5.78. The van der Waals surface area contributed by atoms with E-state index in [0.29, 0.717) is 37.4 Å². The molecule has 2 atom stereocenters. The van der Waals surface area contributed by atoms with Crippen LogP contribution < -0.4 is 21.1 Å². The van der Waals surface area contributed by atoms with Gasteiger partial charge in [-0.1, -0.05) is 12.5 Å². The van der Waals surface area contributed by atoms with Crippen LogP contribution in [0.5, 0.6) is 5.75 Å². The van der Waals surface area contributed by atoms with E-state index in [0.717, 1.165) is 31.3 Å². The number of carbonyl (C=O) groups is 2. The van der Waals surface area contributed by atoms with E-state index >= 15 is 0 Å². The third-order valence-electron chi connectivity index (χ3n) is 6.60. The molecule has 188 valence electrons. The molecule has 11 heteroatoms. The molecule has 1 aliphatic heterocycles. The highest BCUT2D eigenvalue weighted by atomic mass is 19.1. The van der Waals surface area contributed by atoms with Crippen LogP contribution in [0.15, 0.2) is 24.4 Å². The number of ether oxygens (including phenoxy) is 1. The fourth-order valence-corrected chi connectivity index (χ4v) is 4.43. The number of piperazine rings is 1. The van der Waals surface area contributed by atoms with Crippen LogP contribution in [0, 0.1) is 18.7 Å². The third kappa shape index (κ3) is 6.16. The fourth-order valence-electron chi connectivity index (χ4n) is 4.43. The Bertz CT molecular complexity index is 1080. The van der Waals surface area contributed by atoms with Crippen LogP contribution in [-0.4, -0.2) is 77.5 Å². The number of amides is 2. The van der Waals surface area contributed by atoms with Gasteiger partial charge in [-0.2, -0.15) is 4.98 Å². The number of nitrogens with zero attached hydrogens (tertiary/aromatic N) is 4. The summed E-state index contributed by atoms with van der Waals surface area (Å²) in [5.74, 6) is -0.645. The molecule has 2 aromatic rings. The van der Waals surface area contributed by atoms with Gasteiger partial charge < -0.3 is 30.9 Å². The van der Waals surface area contributed by atoms with Crippen molar-refractivity contribution in [3.05, 3.63) is 35.8 Å². The van der Waals surface area contributed by atoms with Crippen molar-refractivity contribution in [3.63, 3.8) is 0 Å². The van der Waals surface area contributed by atoms with Gasteiger partial charge in [-0.25, -0.2) is 9.37 Å². The summed E-state index contributed by atoms with van der Waals surface area (Å²) in [6.45, 7) is 4.94. The summed E-state index contributed by atoms with van der Waals surface area (Å²) in [6, 6.07) is 5.18. The maximum atomic E-state index is 14.4. The standard InChI is InChI=1S/C24H32FN7O3/c1-15-6-7-16(12-20(15)35-14-21(33)32-10-8-31(2)9-11-32)28-24-27-13-18(25)23(30-24)29-19-5-3-4-17(19)22(26)34/h6-7,12-13,17,19H,3-5,8-11,14H2,1-2H3,(H2,26,34)(H2,27,28,29,30). The molecule has 0 spiro atoms. The van der Waals surface area contributed by atoms with Crippen molar-refractivity contribution in [2.75, 3.05) is 50.5 Å². The Morgan fingerprint density at radius 2 is 2.00 bits per heavy atom. The van der Waals surface area contributed by atoms with Gasteiger partial charge in [0.1, 0.15) is 5.75 Å². The lowest BCUT2D eigenvalue weighted by molar-refractivity contribution is -0.135. The lowest BCUT2D eigenvalue weighted by Gasteiger charge is -2.32. The lowest BCUT2D eigenvalue weighted by atomic mass is 10.0. The fraction of sp³-hybridized carbons (Fsp3) is 0.500. The van der Waals surface area contributed by atoms with Crippen LogP contribution in [0.2, 0.25) is 0 Å². The zero-order valence-electron chi connectivity index (χ0n) is 20.1. The zero-order chi connectivity index (χ0) is 24.9. The minimum absolute atomic E-state index is 0.0157. The van der Waals surface area contributed by atoms with Gasteiger partial charge >= 0.3 is 0 Å². The summed E-state index contributed by atoms with van der Waals surface area (Å²) in [5, 5.41) is 6.07. The van der Waals surface area contributed by atoms with Crippen molar-refractivity contribution in [1.82, 2.24) is 19.8 Å². The number of nitrogens with two attached hydrogens (primary N) is 1. The van der Waals surface area contributed by atoms with E-state index in [1.165, 1.54) is 0 Å². The quantitative estimate of drug-likeness (QED) is 0.518. The first-order valence-corrected chi connectivity index (χ1v) is 11.9. The summed E-state index contributed by atoms with van der Waals surface area (Å²) >= 11 is 0. The van der Waals surface area contributed by atoms with Gasteiger partial charge in [-0.3, -0.25) is 9.59 Å².